The van der Waals surface area contributed by atoms with Gasteiger partial charge in [-0.3, -0.25) is 0 Å². The maximum Gasteiger partial charge on any atom is 0.142 e. The number of alkyl halides is 1. The second-order valence-corrected chi connectivity index (χ2v) is 3.39. The molecule has 2 N–H and O–H groups in total. The van der Waals surface area contributed by atoms with Crippen molar-refractivity contribution < 1.29 is 4.74 Å². The lowest BCUT2D eigenvalue weighted by molar-refractivity contribution is 0.417. The number of rotatable bonds is 3. The Kier molecular flexibility index (Phi) is 4.11. The van der Waals surface area contributed by atoms with Gasteiger partial charge in [0.2, 0.25) is 0 Å². The number of nitrogens with two attached hydrogens (primary N) is 1. The van der Waals surface area contributed by atoms with Crippen molar-refractivity contribution in [1.82, 2.24) is 0 Å². The van der Waals surface area contributed by atoms with Crippen molar-refractivity contribution in [2.45, 2.75) is 0 Å². The molecule has 4 heteroatoms. The van der Waals surface area contributed by atoms with Crippen LogP contribution < -0.4 is 10.5 Å². The summed E-state index contributed by atoms with van der Waals surface area (Å²) in [7, 11) is 1.56. The topological polar surface area (TPSA) is 35.2 Å². The minimum Gasteiger partial charge on any atom is -0.495 e. The fourth-order valence-corrected chi connectivity index (χ4v) is 1.38. The average Bonchev–Trinajstić information content (AvgIpc) is 2.17. The van der Waals surface area contributed by atoms with Crippen LogP contribution in [0.1, 0.15) is 5.56 Å². The van der Waals surface area contributed by atoms with Crippen LogP contribution in [0.3, 0.4) is 0 Å². The molecule has 0 fully saturated rings. The third kappa shape index (κ3) is 2.56. The number of methoxy groups -OCH3 is 1. The number of nitrogen functional groups attached to an aromatic ring is 1. The highest BCUT2D eigenvalue weighted by Gasteiger charge is 2.04. The highest BCUT2D eigenvalue weighted by molar-refractivity contribution is 6.32. The first-order valence-electron chi connectivity index (χ1n) is 4.04. The highest BCUT2D eigenvalue weighted by Crippen LogP contribution is 2.29. The number of hydrogen-bond donors (Lipinski definition) is 1. The van der Waals surface area contributed by atoms with Crippen LogP contribution in [0, 0.1) is 0 Å². The van der Waals surface area contributed by atoms with Gasteiger partial charge in [-0.1, -0.05) is 23.8 Å². The zero-order valence-electron chi connectivity index (χ0n) is 7.76. The van der Waals surface area contributed by atoms with Crippen LogP contribution in [0.25, 0.3) is 6.08 Å². The van der Waals surface area contributed by atoms with E-state index in [0.29, 0.717) is 22.3 Å². The maximum absolute atomic E-state index is 5.96. The van der Waals surface area contributed by atoms with Crippen molar-refractivity contribution >= 4 is 35.0 Å². The van der Waals surface area contributed by atoms with E-state index in [9.17, 15) is 0 Å². The predicted octanol–water partition coefficient (Wildman–Crippen LogP) is 3.18. The van der Waals surface area contributed by atoms with E-state index in [4.69, 9.17) is 33.7 Å². The molecule has 1 rings (SSSR count). The van der Waals surface area contributed by atoms with Crippen molar-refractivity contribution in [1.29, 1.82) is 0 Å². The standard InChI is InChI=1S/C10H11Cl2NO/c1-14-10-5-7(3-2-4-11)8(12)6-9(10)13/h2-3,5-6H,4,13H2,1H3. The van der Waals surface area contributed by atoms with Gasteiger partial charge >= 0.3 is 0 Å². The SMILES string of the molecule is COc1cc(C=CCCl)c(Cl)cc1N. The van der Waals surface area contributed by atoms with Crippen molar-refractivity contribution in [2.24, 2.45) is 0 Å². The molecule has 0 saturated heterocycles. The van der Waals surface area contributed by atoms with Gasteiger partial charge in [0.25, 0.3) is 0 Å². The molecule has 1 aromatic carbocycles. The van der Waals surface area contributed by atoms with E-state index in [0.717, 1.165) is 5.56 Å². The summed E-state index contributed by atoms with van der Waals surface area (Å²) in [6.07, 6.45) is 3.63. The molecule has 0 spiro atoms. The normalized spacial score (nSPS) is 10.8. The van der Waals surface area contributed by atoms with Gasteiger partial charge in [-0.2, -0.15) is 0 Å². The summed E-state index contributed by atoms with van der Waals surface area (Å²) < 4.78 is 5.07. The molecule has 2 nitrogen and oxygen atoms in total. The first kappa shape index (κ1) is 11.2. The Bertz CT molecular complexity index is 350. The summed E-state index contributed by atoms with van der Waals surface area (Å²) >= 11 is 11.5. The van der Waals surface area contributed by atoms with E-state index in [-0.39, 0.29) is 0 Å². The minimum atomic E-state index is 0.447. The second-order valence-electron chi connectivity index (χ2n) is 2.67. The Morgan fingerprint density at radius 1 is 1.50 bits per heavy atom. The van der Waals surface area contributed by atoms with E-state index < -0.39 is 0 Å². The third-order valence-corrected chi connectivity index (χ3v) is 2.24. The molecule has 14 heavy (non-hydrogen) atoms. The Labute approximate surface area is 93.3 Å². The molecule has 0 unspecified atom stereocenters. The predicted molar refractivity (Wildman–Crippen MR) is 62.2 cm³/mol. The van der Waals surface area contributed by atoms with Gasteiger partial charge in [-0.15, -0.1) is 11.6 Å². The van der Waals surface area contributed by atoms with Crippen LogP contribution in [-0.4, -0.2) is 13.0 Å². The van der Waals surface area contributed by atoms with E-state index in [1.807, 2.05) is 6.08 Å². The Balaban J connectivity index is 3.10. The summed E-state index contributed by atoms with van der Waals surface area (Å²) in [6, 6.07) is 3.44. The van der Waals surface area contributed by atoms with E-state index >= 15 is 0 Å². The average molecular weight is 232 g/mol. The van der Waals surface area contributed by atoms with Crippen molar-refractivity contribution in [2.75, 3.05) is 18.7 Å². The maximum atomic E-state index is 5.96. The summed E-state index contributed by atoms with van der Waals surface area (Å²) in [5, 5.41) is 0.588. The van der Waals surface area contributed by atoms with Crippen molar-refractivity contribution in [3.05, 3.63) is 28.8 Å². The lowest BCUT2D eigenvalue weighted by Gasteiger charge is -2.06. The molecule has 76 valence electrons. The number of halogens is 2. The molecule has 0 aliphatic heterocycles. The van der Waals surface area contributed by atoms with Crippen LogP contribution in [0.5, 0.6) is 5.75 Å². The zero-order chi connectivity index (χ0) is 10.6. The molecule has 0 atom stereocenters. The largest absolute Gasteiger partial charge is 0.495 e. The Hall–Kier alpha value is -0.860. The smallest absolute Gasteiger partial charge is 0.142 e. The number of allylic oxidation sites excluding steroid dienone is 1. The lowest BCUT2D eigenvalue weighted by Crippen LogP contribution is -1.93. The molecule has 0 bridgehead atoms. The fourth-order valence-electron chi connectivity index (χ4n) is 1.06. The number of ether oxygens (including phenoxy) is 1. The summed E-state index contributed by atoms with van der Waals surface area (Å²) in [5.41, 5.74) is 7.04. The van der Waals surface area contributed by atoms with Gasteiger partial charge < -0.3 is 10.5 Å². The summed E-state index contributed by atoms with van der Waals surface area (Å²) in [5.74, 6) is 1.06. The van der Waals surface area contributed by atoms with Gasteiger partial charge in [0.1, 0.15) is 5.75 Å². The molecule has 0 aliphatic carbocycles. The van der Waals surface area contributed by atoms with Crippen LogP contribution in [0.15, 0.2) is 18.2 Å². The molecule has 0 aliphatic rings. The third-order valence-electron chi connectivity index (χ3n) is 1.74. The molecule has 0 amide bonds. The van der Waals surface area contributed by atoms with Gasteiger partial charge in [-0.25, -0.2) is 0 Å². The summed E-state index contributed by atoms with van der Waals surface area (Å²) in [4.78, 5) is 0. The molecular formula is C10H11Cl2NO. The van der Waals surface area contributed by atoms with Gasteiger partial charge in [0.05, 0.1) is 17.8 Å². The first-order chi connectivity index (χ1) is 6.69. The minimum absolute atomic E-state index is 0.447. The fraction of sp³-hybridized carbons (Fsp3) is 0.200. The zero-order valence-corrected chi connectivity index (χ0v) is 9.27. The molecule has 0 saturated carbocycles. The van der Waals surface area contributed by atoms with Crippen molar-refractivity contribution in [3.63, 3.8) is 0 Å². The van der Waals surface area contributed by atoms with Crippen molar-refractivity contribution in [3.8, 4) is 5.75 Å². The van der Waals surface area contributed by atoms with E-state index in [1.165, 1.54) is 0 Å². The van der Waals surface area contributed by atoms with Crippen LogP contribution in [0.2, 0.25) is 5.02 Å². The number of benzene rings is 1. The van der Waals surface area contributed by atoms with Crippen LogP contribution in [-0.2, 0) is 0 Å². The molecule has 0 aromatic heterocycles. The van der Waals surface area contributed by atoms with Crippen LogP contribution >= 0.6 is 23.2 Å². The molecule has 0 heterocycles. The number of hydrogen-bond acceptors (Lipinski definition) is 2. The molecular weight excluding hydrogens is 221 g/mol. The molecule has 1 aromatic rings. The quantitative estimate of drug-likeness (QED) is 0.641. The van der Waals surface area contributed by atoms with E-state index in [1.54, 1.807) is 25.3 Å². The van der Waals surface area contributed by atoms with Gasteiger partial charge in [0.15, 0.2) is 0 Å². The van der Waals surface area contributed by atoms with Gasteiger partial charge in [-0.05, 0) is 17.7 Å². The molecule has 0 radical (unpaired) electrons. The Morgan fingerprint density at radius 2 is 2.21 bits per heavy atom. The van der Waals surface area contributed by atoms with Gasteiger partial charge in [0, 0.05) is 5.88 Å². The van der Waals surface area contributed by atoms with E-state index in [2.05, 4.69) is 0 Å². The summed E-state index contributed by atoms with van der Waals surface area (Å²) in [6.45, 7) is 0. The first-order valence-corrected chi connectivity index (χ1v) is 4.95. The highest BCUT2D eigenvalue weighted by atomic mass is 35.5. The van der Waals surface area contributed by atoms with Crippen LogP contribution in [0.4, 0.5) is 5.69 Å². The second kappa shape index (κ2) is 5.13. The number of anilines is 1. The monoisotopic (exact) mass is 231 g/mol. The lowest BCUT2D eigenvalue weighted by atomic mass is 10.2. The Morgan fingerprint density at radius 3 is 2.79 bits per heavy atom.